The van der Waals surface area contributed by atoms with Crippen LogP contribution in [0.1, 0.15) is 46.5 Å². The molecule has 1 rings (SSSR count). The van der Waals surface area contributed by atoms with Crippen LogP contribution in [-0.2, 0) is 4.74 Å². The smallest absolute Gasteiger partial charge is 0.0590 e. The molecule has 0 radical (unpaired) electrons. The Morgan fingerprint density at radius 1 is 1.07 bits per heavy atom. The third-order valence-electron chi connectivity index (χ3n) is 3.21. The molecule has 1 fully saturated rings. The number of ether oxygens (including phenoxy) is 1. The third-order valence-corrected chi connectivity index (χ3v) is 3.21. The Balaban J connectivity index is 2.04. The van der Waals surface area contributed by atoms with Gasteiger partial charge in [-0.25, -0.2) is 0 Å². The maximum atomic E-state index is 5.47. The van der Waals surface area contributed by atoms with Gasteiger partial charge in [0.2, 0.25) is 0 Å². The highest BCUT2D eigenvalue weighted by molar-refractivity contribution is 4.79. The van der Waals surface area contributed by atoms with Crippen molar-refractivity contribution in [3.63, 3.8) is 0 Å². The fraction of sp³-hybridized carbons (Fsp3) is 1.00. The maximum Gasteiger partial charge on any atom is 0.0590 e. The van der Waals surface area contributed by atoms with Gasteiger partial charge in [0.05, 0.1) is 6.61 Å². The van der Waals surface area contributed by atoms with Gasteiger partial charge in [0.1, 0.15) is 0 Å². The van der Waals surface area contributed by atoms with E-state index in [1.807, 2.05) is 0 Å². The molecule has 1 saturated carbocycles. The first-order chi connectivity index (χ1) is 7.22. The summed E-state index contributed by atoms with van der Waals surface area (Å²) in [6.07, 6.45) is 5.22. The Labute approximate surface area is 94.8 Å². The van der Waals surface area contributed by atoms with Gasteiger partial charge in [0.25, 0.3) is 0 Å². The van der Waals surface area contributed by atoms with Crippen LogP contribution in [0.4, 0.5) is 0 Å². The normalized spacial score (nSPS) is 31.8. The van der Waals surface area contributed by atoms with Gasteiger partial charge in [-0.2, -0.15) is 0 Å². The lowest BCUT2D eigenvalue weighted by Crippen LogP contribution is -2.38. The van der Waals surface area contributed by atoms with Crippen LogP contribution in [0.25, 0.3) is 0 Å². The van der Waals surface area contributed by atoms with Gasteiger partial charge < -0.3 is 10.1 Å². The number of rotatable bonds is 6. The molecule has 2 atom stereocenters. The first kappa shape index (κ1) is 13.0. The summed E-state index contributed by atoms with van der Waals surface area (Å²) in [5.41, 5.74) is 0. The second kappa shape index (κ2) is 7.24. The van der Waals surface area contributed by atoms with Gasteiger partial charge in [-0.05, 0) is 37.5 Å². The predicted octanol–water partition coefficient (Wildman–Crippen LogP) is 2.83. The Morgan fingerprint density at radius 3 is 2.33 bits per heavy atom. The zero-order chi connectivity index (χ0) is 11.1. The zero-order valence-corrected chi connectivity index (χ0v) is 10.6. The van der Waals surface area contributed by atoms with Crippen molar-refractivity contribution in [1.82, 2.24) is 5.32 Å². The van der Waals surface area contributed by atoms with E-state index < -0.39 is 0 Å². The number of nitrogens with one attached hydrogen (secondary N) is 1. The third kappa shape index (κ3) is 5.53. The average molecular weight is 213 g/mol. The van der Waals surface area contributed by atoms with E-state index in [0.29, 0.717) is 0 Å². The van der Waals surface area contributed by atoms with E-state index in [2.05, 4.69) is 26.1 Å². The monoisotopic (exact) mass is 213 g/mol. The van der Waals surface area contributed by atoms with Crippen molar-refractivity contribution in [2.45, 2.75) is 52.5 Å². The lowest BCUT2D eigenvalue weighted by molar-refractivity contribution is 0.129. The van der Waals surface area contributed by atoms with Crippen molar-refractivity contribution in [3.05, 3.63) is 0 Å². The highest BCUT2D eigenvalue weighted by Gasteiger charge is 2.22. The molecule has 15 heavy (non-hydrogen) atoms. The van der Waals surface area contributed by atoms with Crippen LogP contribution in [0, 0.1) is 11.8 Å². The Bertz CT molecular complexity index is 151. The topological polar surface area (TPSA) is 21.3 Å². The summed E-state index contributed by atoms with van der Waals surface area (Å²) in [6, 6.07) is 0.731. The first-order valence-corrected chi connectivity index (χ1v) is 6.53. The minimum Gasteiger partial charge on any atom is -0.380 e. The standard InChI is InChI=1S/C13H27NO/c1-4-6-15-7-5-14-13-9-11(2)8-12(3)10-13/h11-14H,4-10H2,1-3H3. The van der Waals surface area contributed by atoms with Gasteiger partial charge in [-0.15, -0.1) is 0 Å². The van der Waals surface area contributed by atoms with E-state index in [4.69, 9.17) is 4.74 Å². The molecule has 0 heterocycles. The summed E-state index contributed by atoms with van der Waals surface area (Å²) in [5, 5.41) is 3.62. The molecule has 0 amide bonds. The van der Waals surface area contributed by atoms with E-state index in [1.165, 1.54) is 19.3 Å². The van der Waals surface area contributed by atoms with Crippen LogP contribution >= 0.6 is 0 Å². The van der Waals surface area contributed by atoms with Crippen molar-refractivity contribution in [2.24, 2.45) is 11.8 Å². The maximum absolute atomic E-state index is 5.47. The molecule has 1 aliphatic carbocycles. The van der Waals surface area contributed by atoms with E-state index in [0.717, 1.165) is 44.1 Å². The summed E-state index contributed by atoms with van der Waals surface area (Å²) < 4.78 is 5.47. The quantitative estimate of drug-likeness (QED) is 0.685. The van der Waals surface area contributed by atoms with E-state index in [9.17, 15) is 0 Å². The molecular formula is C13H27NO. The lowest BCUT2D eigenvalue weighted by atomic mass is 9.80. The minimum atomic E-state index is 0.731. The summed E-state index contributed by atoms with van der Waals surface area (Å²) in [5.74, 6) is 1.78. The molecule has 0 saturated heterocycles. The first-order valence-electron chi connectivity index (χ1n) is 6.53. The molecule has 0 spiro atoms. The molecule has 0 aromatic carbocycles. The van der Waals surface area contributed by atoms with E-state index in [-0.39, 0.29) is 0 Å². The van der Waals surface area contributed by atoms with Crippen molar-refractivity contribution >= 4 is 0 Å². The van der Waals surface area contributed by atoms with Crippen molar-refractivity contribution in [3.8, 4) is 0 Å². The highest BCUT2D eigenvalue weighted by atomic mass is 16.5. The number of hydrogen-bond donors (Lipinski definition) is 1. The second-order valence-corrected chi connectivity index (χ2v) is 5.18. The molecule has 2 unspecified atom stereocenters. The van der Waals surface area contributed by atoms with E-state index >= 15 is 0 Å². The minimum absolute atomic E-state index is 0.731. The van der Waals surface area contributed by atoms with Crippen LogP contribution in [0.15, 0.2) is 0 Å². The van der Waals surface area contributed by atoms with Gasteiger partial charge in [-0.3, -0.25) is 0 Å². The summed E-state index contributed by atoms with van der Waals surface area (Å²) in [6.45, 7) is 9.68. The molecule has 90 valence electrons. The Hall–Kier alpha value is -0.0800. The zero-order valence-electron chi connectivity index (χ0n) is 10.6. The molecule has 0 bridgehead atoms. The van der Waals surface area contributed by atoms with Gasteiger partial charge >= 0.3 is 0 Å². The fourth-order valence-electron chi connectivity index (χ4n) is 2.70. The Kier molecular flexibility index (Phi) is 6.26. The largest absolute Gasteiger partial charge is 0.380 e. The van der Waals surface area contributed by atoms with Crippen LogP contribution in [0.5, 0.6) is 0 Å². The van der Waals surface area contributed by atoms with Gasteiger partial charge in [0, 0.05) is 19.2 Å². The van der Waals surface area contributed by atoms with Crippen molar-refractivity contribution in [2.75, 3.05) is 19.8 Å². The molecule has 1 N–H and O–H groups in total. The van der Waals surface area contributed by atoms with Crippen LogP contribution in [0.2, 0.25) is 0 Å². The van der Waals surface area contributed by atoms with Crippen molar-refractivity contribution in [1.29, 1.82) is 0 Å². The molecule has 1 aliphatic rings. The van der Waals surface area contributed by atoms with Gasteiger partial charge in [0.15, 0.2) is 0 Å². The molecule has 0 aromatic rings. The molecule has 2 heteroatoms. The van der Waals surface area contributed by atoms with Gasteiger partial charge in [-0.1, -0.05) is 20.8 Å². The molecule has 0 aliphatic heterocycles. The lowest BCUT2D eigenvalue weighted by Gasteiger charge is -2.32. The summed E-state index contributed by atoms with van der Waals surface area (Å²) in [7, 11) is 0. The fourth-order valence-corrected chi connectivity index (χ4v) is 2.70. The van der Waals surface area contributed by atoms with Crippen molar-refractivity contribution < 1.29 is 4.74 Å². The SMILES string of the molecule is CCCOCCNC1CC(C)CC(C)C1. The second-order valence-electron chi connectivity index (χ2n) is 5.18. The highest BCUT2D eigenvalue weighted by Crippen LogP contribution is 2.28. The molecule has 0 aromatic heterocycles. The van der Waals surface area contributed by atoms with Crippen LogP contribution < -0.4 is 5.32 Å². The number of hydrogen-bond acceptors (Lipinski definition) is 2. The molecular weight excluding hydrogens is 186 g/mol. The Morgan fingerprint density at radius 2 is 1.73 bits per heavy atom. The van der Waals surface area contributed by atoms with Crippen LogP contribution in [0.3, 0.4) is 0 Å². The van der Waals surface area contributed by atoms with Crippen LogP contribution in [-0.4, -0.2) is 25.8 Å². The summed E-state index contributed by atoms with van der Waals surface area (Å²) >= 11 is 0. The average Bonchev–Trinajstić information content (AvgIpc) is 2.16. The molecule has 2 nitrogen and oxygen atoms in total. The summed E-state index contributed by atoms with van der Waals surface area (Å²) in [4.78, 5) is 0. The predicted molar refractivity (Wildman–Crippen MR) is 65.1 cm³/mol. The van der Waals surface area contributed by atoms with E-state index in [1.54, 1.807) is 0 Å².